The van der Waals surface area contributed by atoms with Crippen LogP contribution in [0.25, 0.3) is 0 Å². The molecule has 2 rings (SSSR count). The van der Waals surface area contributed by atoms with Crippen molar-refractivity contribution in [3.8, 4) is 5.88 Å². The molecular weight excluding hydrogens is 235 g/mol. The molecule has 1 aromatic heterocycles. The first-order valence-electron chi connectivity index (χ1n) is 6.14. The van der Waals surface area contributed by atoms with Gasteiger partial charge in [0.1, 0.15) is 6.10 Å². The predicted octanol–water partition coefficient (Wildman–Crippen LogP) is 1.86. The second-order valence-electron chi connectivity index (χ2n) is 4.77. The van der Waals surface area contributed by atoms with Crippen LogP contribution in [0.2, 0.25) is 0 Å². The monoisotopic (exact) mass is 252 g/mol. The molecule has 1 aromatic rings. The van der Waals surface area contributed by atoms with Gasteiger partial charge in [-0.25, -0.2) is 0 Å². The van der Waals surface area contributed by atoms with Crippen LogP contribution >= 0.6 is 0 Å². The molecule has 0 radical (unpaired) electrons. The fraction of sp³-hybridized carbons (Fsp3) is 0.538. The highest BCUT2D eigenvalue weighted by molar-refractivity contribution is 5.78. The summed E-state index contributed by atoms with van der Waals surface area (Å²) in [4.78, 5) is 17.2. The Morgan fingerprint density at radius 1 is 1.56 bits per heavy atom. The second-order valence-corrected chi connectivity index (χ2v) is 4.77. The molecule has 1 aliphatic heterocycles. The fourth-order valence-electron chi connectivity index (χ4n) is 2.02. The zero-order chi connectivity index (χ0) is 13.1. The van der Waals surface area contributed by atoms with Gasteiger partial charge in [0, 0.05) is 24.9 Å². The molecule has 98 valence electrons. The van der Waals surface area contributed by atoms with Gasteiger partial charge in [0.15, 0.2) is 0 Å². The van der Waals surface area contributed by atoms with E-state index < -0.39 is 5.95 Å². The molecule has 1 saturated heterocycles. The summed E-state index contributed by atoms with van der Waals surface area (Å²) in [5.41, 5.74) is 0. The number of amides is 1. The van der Waals surface area contributed by atoms with Gasteiger partial charge in [-0.1, -0.05) is 19.9 Å². The van der Waals surface area contributed by atoms with Crippen LogP contribution in [0.3, 0.4) is 0 Å². The van der Waals surface area contributed by atoms with Gasteiger partial charge in [-0.15, -0.1) is 0 Å². The largest absolute Gasteiger partial charge is 0.472 e. The van der Waals surface area contributed by atoms with Crippen LogP contribution in [-0.4, -0.2) is 35.0 Å². The number of rotatable bonds is 3. The van der Waals surface area contributed by atoms with E-state index in [1.165, 1.54) is 6.07 Å². The summed E-state index contributed by atoms with van der Waals surface area (Å²) in [6.07, 6.45) is 0.665. The van der Waals surface area contributed by atoms with Crippen LogP contribution in [0.4, 0.5) is 4.39 Å². The van der Waals surface area contributed by atoms with E-state index in [2.05, 4.69) is 4.98 Å². The van der Waals surface area contributed by atoms with E-state index >= 15 is 0 Å². The van der Waals surface area contributed by atoms with Crippen molar-refractivity contribution in [2.45, 2.75) is 26.4 Å². The van der Waals surface area contributed by atoms with E-state index in [0.717, 1.165) is 6.42 Å². The van der Waals surface area contributed by atoms with E-state index in [1.54, 1.807) is 17.0 Å². The number of halogens is 1. The van der Waals surface area contributed by atoms with Crippen molar-refractivity contribution in [2.24, 2.45) is 5.92 Å². The molecule has 5 heteroatoms. The molecular formula is C13H17FN2O2. The third-order valence-corrected chi connectivity index (χ3v) is 2.93. The highest BCUT2D eigenvalue weighted by atomic mass is 19.1. The minimum atomic E-state index is -0.555. The summed E-state index contributed by atoms with van der Waals surface area (Å²) in [7, 11) is 0. The summed E-state index contributed by atoms with van der Waals surface area (Å²) < 4.78 is 18.5. The van der Waals surface area contributed by atoms with E-state index in [-0.39, 0.29) is 23.8 Å². The SMILES string of the molecule is CC(C)C(=O)N1CCC(Oc2cccc(F)n2)C1. The summed E-state index contributed by atoms with van der Waals surface area (Å²) in [5, 5.41) is 0. The zero-order valence-corrected chi connectivity index (χ0v) is 10.6. The lowest BCUT2D eigenvalue weighted by atomic mass is 10.2. The predicted molar refractivity (Wildman–Crippen MR) is 64.6 cm³/mol. The third kappa shape index (κ3) is 2.97. The van der Waals surface area contributed by atoms with Crippen LogP contribution in [0.1, 0.15) is 20.3 Å². The van der Waals surface area contributed by atoms with Crippen LogP contribution < -0.4 is 4.74 Å². The Kier molecular flexibility index (Phi) is 3.79. The minimum Gasteiger partial charge on any atom is -0.472 e. The minimum absolute atomic E-state index is 0.00366. The second kappa shape index (κ2) is 5.33. The summed E-state index contributed by atoms with van der Waals surface area (Å²) in [5.74, 6) is -0.149. The molecule has 1 aliphatic rings. The van der Waals surface area contributed by atoms with Gasteiger partial charge < -0.3 is 9.64 Å². The summed E-state index contributed by atoms with van der Waals surface area (Å²) in [6.45, 7) is 5.00. The van der Waals surface area contributed by atoms with Gasteiger partial charge in [0.05, 0.1) is 6.54 Å². The number of pyridine rings is 1. The first-order chi connectivity index (χ1) is 8.56. The van der Waals surface area contributed by atoms with Crippen molar-refractivity contribution in [2.75, 3.05) is 13.1 Å². The molecule has 0 aromatic carbocycles. The Morgan fingerprint density at radius 2 is 2.33 bits per heavy atom. The zero-order valence-electron chi connectivity index (χ0n) is 10.6. The molecule has 18 heavy (non-hydrogen) atoms. The number of likely N-dealkylation sites (tertiary alicyclic amines) is 1. The molecule has 0 spiro atoms. The van der Waals surface area contributed by atoms with Crippen LogP contribution in [-0.2, 0) is 4.79 Å². The Labute approximate surface area is 106 Å². The molecule has 0 saturated carbocycles. The lowest BCUT2D eigenvalue weighted by Crippen LogP contribution is -2.33. The van der Waals surface area contributed by atoms with Crippen LogP contribution in [0.5, 0.6) is 5.88 Å². The molecule has 1 amide bonds. The maximum absolute atomic E-state index is 12.9. The van der Waals surface area contributed by atoms with E-state index in [0.29, 0.717) is 13.1 Å². The highest BCUT2D eigenvalue weighted by Gasteiger charge is 2.28. The van der Waals surface area contributed by atoms with Crippen molar-refractivity contribution in [3.63, 3.8) is 0 Å². The molecule has 2 heterocycles. The smallest absolute Gasteiger partial charge is 0.225 e. The molecule has 0 aliphatic carbocycles. The lowest BCUT2D eigenvalue weighted by molar-refractivity contribution is -0.133. The summed E-state index contributed by atoms with van der Waals surface area (Å²) in [6, 6.07) is 4.45. The number of carbonyl (C=O) groups is 1. The fourth-order valence-corrected chi connectivity index (χ4v) is 2.02. The Balaban J connectivity index is 1.92. The molecule has 1 atom stereocenters. The standard InChI is InChI=1S/C13H17FN2O2/c1-9(2)13(17)16-7-6-10(8-16)18-12-5-3-4-11(14)15-12/h3-5,9-10H,6-8H2,1-2H3. The van der Waals surface area contributed by atoms with Crippen LogP contribution in [0.15, 0.2) is 18.2 Å². The van der Waals surface area contributed by atoms with Crippen molar-refractivity contribution in [3.05, 3.63) is 24.1 Å². The van der Waals surface area contributed by atoms with E-state index in [1.807, 2.05) is 13.8 Å². The topological polar surface area (TPSA) is 42.4 Å². The third-order valence-electron chi connectivity index (χ3n) is 2.93. The molecule has 1 unspecified atom stereocenters. The normalized spacial score (nSPS) is 19.3. The Bertz CT molecular complexity index is 437. The van der Waals surface area contributed by atoms with Gasteiger partial charge >= 0.3 is 0 Å². The number of nitrogens with zero attached hydrogens (tertiary/aromatic N) is 2. The number of hydrogen-bond donors (Lipinski definition) is 0. The summed E-state index contributed by atoms with van der Waals surface area (Å²) >= 11 is 0. The Morgan fingerprint density at radius 3 is 3.00 bits per heavy atom. The average Bonchev–Trinajstić information content (AvgIpc) is 2.76. The number of carbonyl (C=O) groups excluding carboxylic acids is 1. The van der Waals surface area contributed by atoms with E-state index in [4.69, 9.17) is 4.74 Å². The quantitative estimate of drug-likeness (QED) is 0.771. The van der Waals surface area contributed by atoms with Gasteiger partial charge in [-0.05, 0) is 6.07 Å². The first kappa shape index (κ1) is 12.8. The Hall–Kier alpha value is -1.65. The van der Waals surface area contributed by atoms with E-state index in [9.17, 15) is 9.18 Å². The molecule has 0 bridgehead atoms. The highest BCUT2D eigenvalue weighted by Crippen LogP contribution is 2.18. The average molecular weight is 252 g/mol. The lowest BCUT2D eigenvalue weighted by Gasteiger charge is -2.18. The van der Waals surface area contributed by atoms with Gasteiger partial charge in [0.25, 0.3) is 0 Å². The number of ether oxygens (including phenoxy) is 1. The number of hydrogen-bond acceptors (Lipinski definition) is 3. The maximum atomic E-state index is 12.9. The van der Waals surface area contributed by atoms with Gasteiger partial charge in [-0.2, -0.15) is 9.37 Å². The number of aromatic nitrogens is 1. The van der Waals surface area contributed by atoms with Crippen LogP contribution in [0, 0.1) is 11.9 Å². The van der Waals surface area contributed by atoms with Gasteiger partial charge in [-0.3, -0.25) is 4.79 Å². The van der Waals surface area contributed by atoms with Crippen molar-refractivity contribution in [1.29, 1.82) is 0 Å². The van der Waals surface area contributed by atoms with Crippen molar-refractivity contribution < 1.29 is 13.9 Å². The molecule has 0 N–H and O–H groups in total. The molecule has 4 nitrogen and oxygen atoms in total. The van der Waals surface area contributed by atoms with Crippen molar-refractivity contribution >= 4 is 5.91 Å². The van der Waals surface area contributed by atoms with Gasteiger partial charge in [0.2, 0.25) is 17.7 Å². The molecule has 1 fully saturated rings. The maximum Gasteiger partial charge on any atom is 0.225 e. The van der Waals surface area contributed by atoms with Crippen molar-refractivity contribution in [1.82, 2.24) is 9.88 Å². The first-order valence-corrected chi connectivity index (χ1v) is 6.14.